The molecule has 7 heterocycles. The normalized spacial score (nSPS) is 30.6. The molecule has 676 valence electrons. The fourth-order valence-electron chi connectivity index (χ4n) is 18.1. The second-order valence-electron chi connectivity index (χ2n) is 36.1. The number of nitrogens with two attached hydrogens (primary N) is 1. The van der Waals surface area contributed by atoms with E-state index in [0.717, 1.165) is 104 Å². The van der Waals surface area contributed by atoms with Crippen molar-refractivity contribution in [3.63, 3.8) is 0 Å². The maximum Gasteiger partial charge on any atom is 0.410 e. The number of likely N-dealkylation sites (N-methyl/N-ethyl adjacent to an activating group) is 1. The topological polar surface area (TPSA) is 552 Å². The molecule has 16 rings (SSSR count). The highest BCUT2D eigenvalue weighted by atomic mass is 35.5. The van der Waals surface area contributed by atoms with Crippen molar-refractivity contribution in [2.75, 3.05) is 13.7 Å². The number of fused-ring (bicyclic) bond motifs is 15. The molecule has 125 heavy (non-hydrogen) atoms. The van der Waals surface area contributed by atoms with E-state index in [-0.39, 0.29) is 57.6 Å². The predicted octanol–water partition coefficient (Wildman–Crippen LogP) is 5.18. The van der Waals surface area contributed by atoms with Crippen molar-refractivity contribution in [2.45, 2.75) is 247 Å². The van der Waals surface area contributed by atoms with Crippen LogP contribution in [0, 0.1) is 29.6 Å². The van der Waals surface area contributed by atoms with Gasteiger partial charge in [0, 0.05) is 36.7 Å². The fraction of sp³-hybridized carbons (Fsp3) is 0.535. The van der Waals surface area contributed by atoms with E-state index in [0.29, 0.717) is 11.8 Å². The van der Waals surface area contributed by atoms with E-state index in [4.69, 9.17) is 66.8 Å². The number of aromatic hydroxyl groups is 3. The van der Waals surface area contributed by atoms with Crippen LogP contribution in [0.15, 0.2) is 78.9 Å². The summed E-state index contributed by atoms with van der Waals surface area (Å²) in [5.74, 6) is -14.4. The maximum absolute atomic E-state index is 16.5. The summed E-state index contributed by atoms with van der Waals surface area (Å²) in [5, 5.41) is 128. The Morgan fingerprint density at radius 1 is 0.656 bits per heavy atom. The zero-order valence-corrected chi connectivity index (χ0v) is 71.8. The van der Waals surface area contributed by atoms with Crippen LogP contribution in [0.2, 0.25) is 10.0 Å². The second-order valence-corrected chi connectivity index (χ2v) is 37.0. The molecule has 9 unspecified atom stereocenters. The number of nitrogens with one attached hydrogen (secondary N) is 8. The summed E-state index contributed by atoms with van der Waals surface area (Å²) in [6.07, 6.45) is -17.8. The van der Waals surface area contributed by atoms with E-state index >= 15 is 28.8 Å². The molecule has 15 bridgehead atoms. The van der Waals surface area contributed by atoms with Gasteiger partial charge in [-0.05, 0) is 206 Å². The van der Waals surface area contributed by atoms with Crippen molar-refractivity contribution in [1.82, 2.24) is 47.4 Å². The van der Waals surface area contributed by atoms with Gasteiger partial charge in [0.05, 0.1) is 34.7 Å². The number of primary amides is 1. The summed E-state index contributed by atoms with van der Waals surface area (Å²) < 4.78 is 50.4. The number of amides is 10. The molecule has 4 saturated carbocycles. The lowest BCUT2D eigenvalue weighted by Crippen LogP contribution is -2.66. The molecule has 4 aliphatic carbocycles. The molecule has 11 aliphatic rings. The number of phenolic OH excluding ortho intramolecular Hbond substituents is 3. The third kappa shape index (κ3) is 20.1. The molecule has 0 spiro atoms. The summed E-state index contributed by atoms with van der Waals surface area (Å²) in [6.45, 7) is 15.0. The average Bonchev–Trinajstić information content (AvgIpc) is 0.758. The molecule has 7 aliphatic heterocycles. The molecule has 39 heteroatoms. The average molecular weight is 1780 g/mol. The minimum Gasteiger partial charge on any atom is -0.508 e. The summed E-state index contributed by atoms with van der Waals surface area (Å²) in [4.78, 5) is 151. The van der Waals surface area contributed by atoms with Gasteiger partial charge >= 0.3 is 12.2 Å². The number of ether oxygens (including phenoxy) is 8. The molecule has 19 N–H and O–H groups in total. The number of hydrogen-bond acceptors (Lipinski definition) is 27. The van der Waals surface area contributed by atoms with Gasteiger partial charge in [-0.1, -0.05) is 55.2 Å². The zero-order valence-electron chi connectivity index (χ0n) is 70.3. The first-order valence-corrected chi connectivity index (χ1v) is 42.0. The van der Waals surface area contributed by atoms with Crippen molar-refractivity contribution in [3.05, 3.63) is 117 Å². The lowest BCUT2D eigenvalue weighted by molar-refractivity contribution is -0.334. The van der Waals surface area contributed by atoms with E-state index in [2.05, 4.69) is 42.5 Å². The molecule has 6 fully saturated rings. The highest BCUT2D eigenvalue weighted by molar-refractivity contribution is 6.32. The third-order valence-electron chi connectivity index (χ3n) is 23.8. The minimum atomic E-state index is -2.41. The number of alkyl carbamates (subject to hydrolysis) is 1. The first-order chi connectivity index (χ1) is 58.7. The Bertz CT molecular complexity index is 5000. The van der Waals surface area contributed by atoms with Crippen molar-refractivity contribution in [1.29, 1.82) is 0 Å². The first kappa shape index (κ1) is 92.1. The van der Waals surface area contributed by atoms with Crippen LogP contribution >= 0.6 is 23.2 Å². The molecular formula is C86H106Cl2N10O27. The maximum atomic E-state index is 16.5. The van der Waals surface area contributed by atoms with Crippen molar-refractivity contribution >= 4 is 82.6 Å². The highest BCUT2D eigenvalue weighted by Gasteiger charge is 2.55. The number of aliphatic hydroxyl groups excluding tert-OH is 6. The monoisotopic (exact) mass is 1780 g/mol. The van der Waals surface area contributed by atoms with E-state index in [1.54, 1.807) is 55.4 Å². The summed E-state index contributed by atoms with van der Waals surface area (Å²) in [6, 6.07) is -0.901. The SMILES string of the molecule is CC(C)C[C@H](C(=O)N[C@H]1C(=O)N[C@@H](CC(N)=O)C(=O)N[C@H]2C(=O)N[C@H]3C(=O)N[C@H](C(=O)N[C@H](C(=O)NC4C5CC6CC(C5)CC4C6)c4cc(O)cc(O)c4-c4cc3ccc4O)[C@H](O)c3ccc(c(Cl)c3)Oc3cc2cc(c3OC2OC(CO)C(O)C(O)C2OC2CC(C)(NC(=O)OC(C)(C)C)C(O)C(C)O2)Oc2ccc(cc2Cl)[C@H]1O)N(C)C(=O)OC(C)(C)C. The summed E-state index contributed by atoms with van der Waals surface area (Å²) >= 11 is 14.5. The Labute approximate surface area is 728 Å². The van der Waals surface area contributed by atoms with Crippen LogP contribution in [0.25, 0.3) is 11.1 Å². The van der Waals surface area contributed by atoms with Crippen LogP contribution in [0.5, 0.6) is 46.0 Å². The third-order valence-corrected chi connectivity index (χ3v) is 24.4. The van der Waals surface area contributed by atoms with Gasteiger partial charge in [0.15, 0.2) is 23.9 Å². The van der Waals surface area contributed by atoms with Crippen molar-refractivity contribution in [2.24, 2.45) is 35.3 Å². The second kappa shape index (κ2) is 36.4. The van der Waals surface area contributed by atoms with Crippen LogP contribution in [0.4, 0.5) is 9.59 Å². The van der Waals surface area contributed by atoms with Gasteiger partial charge in [-0.15, -0.1) is 0 Å². The number of carbonyl (C=O) groups is 10. The van der Waals surface area contributed by atoms with Crippen LogP contribution in [-0.4, -0.2) is 220 Å². The Morgan fingerprint density at radius 2 is 1.24 bits per heavy atom. The number of aliphatic hydroxyl groups is 6. The van der Waals surface area contributed by atoms with Crippen LogP contribution < -0.4 is 62.5 Å². The molecule has 5 aromatic carbocycles. The van der Waals surface area contributed by atoms with Gasteiger partial charge in [-0.3, -0.25) is 43.3 Å². The Balaban J connectivity index is 1.00. The van der Waals surface area contributed by atoms with E-state index in [1.807, 2.05) is 0 Å². The van der Waals surface area contributed by atoms with Gasteiger partial charge in [0.25, 0.3) is 0 Å². The van der Waals surface area contributed by atoms with Crippen LogP contribution in [-0.2, 0) is 62.0 Å². The predicted molar refractivity (Wildman–Crippen MR) is 441 cm³/mol. The fourth-order valence-corrected chi connectivity index (χ4v) is 18.5. The standard InChI is InChI=1S/C86H106Cl2N10O27/c1-34(2)18-50(98(11)83(117)125-85(7,8)9)75(110)95-65-67(104)39-13-16-53(47(87)25-39)119-55-27-43-28-56(71(55)123-81-72(70(107)69(106)57(33-99)121-81)122-59-32-86(10,73(108)35(3)118-59)97-82(116)124-84(4,5)6)120-54-17-14-40(26-48(54)88)68(105)66-80(115)94-64(78(113)91-61-41-20-36-19-37(22-41)23-42(61)21-36)46-29-44(100)30-52(102)60(46)45-24-38(12-15-51(45)101)62(76(111)96-66)93-77(112)63(43)92-74(109)49(31-58(89)103)90-79(65)114/h12-17,24-30,34-37,41-42,49-50,57,59,61-70,72-73,81,99-102,104-108H,18-23,31-33H2,1-11H3,(H2,89,103)(H,90,114)(H,91,113)(H,92,109)(H,93,112)(H,94,115)(H,95,110)(H,96,111)(H,97,116)/t35?,36?,37?,41?,42?,49-,50+,57?,59?,61?,62+,63+,64-,65+,66-,67+,68+,69?,70?,72?,73?,81?,86?/m0/s1. The first-order valence-electron chi connectivity index (χ1n) is 41.3. The molecule has 0 radical (unpaired) electrons. The number of halogens is 2. The molecule has 5 aromatic rings. The van der Waals surface area contributed by atoms with Gasteiger partial charge in [0.2, 0.25) is 59.3 Å². The number of carbonyl (C=O) groups excluding carboxylic acids is 10. The van der Waals surface area contributed by atoms with Crippen LogP contribution in [0.1, 0.15) is 179 Å². The molecule has 10 amide bonds. The highest BCUT2D eigenvalue weighted by Crippen LogP contribution is 2.55. The van der Waals surface area contributed by atoms with Gasteiger partial charge < -0.3 is 132 Å². The number of benzene rings is 5. The Hall–Kier alpha value is -10.6. The molecule has 37 nitrogen and oxygen atoms in total. The van der Waals surface area contributed by atoms with Gasteiger partial charge in [-0.25, -0.2) is 9.59 Å². The number of nitrogens with zero attached hydrogens (tertiary/aromatic N) is 1. The summed E-state index contributed by atoms with van der Waals surface area (Å²) in [7, 11) is 1.27. The van der Waals surface area contributed by atoms with Gasteiger partial charge in [-0.2, -0.15) is 0 Å². The van der Waals surface area contributed by atoms with E-state index in [1.165, 1.54) is 33.0 Å². The smallest absolute Gasteiger partial charge is 0.410 e. The van der Waals surface area contributed by atoms with Gasteiger partial charge in [0.1, 0.15) is 119 Å². The lowest BCUT2D eigenvalue weighted by Gasteiger charge is -2.54. The van der Waals surface area contributed by atoms with Crippen molar-refractivity contribution in [3.8, 4) is 57.1 Å². The minimum absolute atomic E-state index is 0.0489. The van der Waals surface area contributed by atoms with Crippen molar-refractivity contribution < 1.29 is 132 Å². The lowest BCUT2D eigenvalue weighted by atomic mass is 9.54. The quantitative estimate of drug-likeness (QED) is 0.0642. The molecule has 2 saturated heterocycles. The number of rotatable bonds is 15. The molecular weight excluding hydrogens is 1680 g/mol. The molecule has 0 aromatic heterocycles. The largest absolute Gasteiger partial charge is 0.508 e. The van der Waals surface area contributed by atoms with E-state index in [9.17, 15) is 65.1 Å². The Kier molecular flexibility index (Phi) is 26.8. The summed E-state index contributed by atoms with van der Waals surface area (Å²) in [5.41, 5.74) is -0.240. The molecule has 18 atom stereocenters. The zero-order chi connectivity index (χ0) is 90.8. The van der Waals surface area contributed by atoms with E-state index < -0.39 is 267 Å². The number of phenols is 3. The Morgan fingerprint density at radius 3 is 1.82 bits per heavy atom. The van der Waals surface area contributed by atoms with Crippen LogP contribution in [0.3, 0.4) is 0 Å². The number of hydrogen-bond donors (Lipinski definition) is 18.